The molecule has 0 N–H and O–H groups in total. The number of benzene rings is 3. The number of hydrogen-bond donors (Lipinski definition) is 0. The van der Waals surface area contributed by atoms with Crippen molar-refractivity contribution in [2.75, 3.05) is 0 Å². The summed E-state index contributed by atoms with van der Waals surface area (Å²) in [5.74, 6) is 0. The van der Waals surface area contributed by atoms with Crippen molar-refractivity contribution in [1.82, 2.24) is 4.98 Å². The van der Waals surface area contributed by atoms with Gasteiger partial charge < -0.3 is 0 Å². The van der Waals surface area contributed by atoms with E-state index in [0.29, 0.717) is 0 Å². The lowest BCUT2D eigenvalue weighted by Crippen LogP contribution is -1.88. The fourth-order valence-electron chi connectivity index (χ4n) is 3.01. The summed E-state index contributed by atoms with van der Waals surface area (Å²) in [6, 6.07) is 31.9. The molecule has 0 aliphatic rings. The summed E-state index contributed by atoms with van der Waals surface area (Å²) in [5.41, 5.74) is 8.16. The zero-order chi connectivity index (χ0) is 17.1. The molecule has 3 aromatic carbocycles. The standard InChI is InChI=1S/C24H19N/c1-18-12-13-24(25-17-18)23-15-21(19-8-4-2-5-9-19)14-22(16-23)20-10-6-3-7-11-20/h2-17H,1H3. The highest BCUT2D eigenvalue weighted by Gasteiger charge is 2.07. The van der Waals surface area contributed by atoms with Crippen LogP contribution in [0.1, 0.15) is 5.56 Å². The largest absolute Gasteiger partial charge is 0.256 e. The fourth-order valence-corrected chi connectivity index (χ4v) is 3.01. The molecule has 1 heterocycles. The van der Waals surface area contributed by atoms with Gasteiger partial charge >= 0.3 is 0 Å². The lowest BCUT2D eigenvalue weighted by molar-refractivity contribution is 1.27. The SMILES string of the molecule is Cc1ccc(-c2cc(-c3ccccc3)cc(-c3ccccc3)c2)nc1. The van der Waals surface area contributed by atoms with Crippen molar-refractivity contribution in [1.29, 1.82) is 0 Å². The second-order valence-electron chi connectivity index (χ2n) is 6.25. The topological polar surface area (TPSA) is 12.9 Å². The Kier molecular flexibility index (Phi) is 4.14. The van der Waals surface area contributed by atoms with Crippen LogP contribution in [0.15, 0.2) is 97.2 Å². The van der Waals surface area contributed by atoms with Gasteiger partial charge in [0, 0.05) is 11.8 Å². The Hall–Kier alpha value is -3.19. The lowest BCUT2D eigenvalue weighted by atomic mass is 9.95. The zero-order valence-corrected chi connectivity index (χ0v) is 14.2. The smallest absolute Gasteiger partial charge is 0.0702 e. The highest BCUT2D eigenvalue weighted by Crippen LogP contribution is 2.32. The highest BCUT2D eigenvalue weighted by atomic mass is 14.7. The molecule has 0 saturated heterocycles. The van der Waals surface area contributed by atoms with Crippen molar-refractivity contribution >= 4 is 0 Å². The van der Waals surface area contributed by atoms with Crippen LogP contribution in [-0.4, -0.2) is 4.98 Å². The third-order valence-corrected chi connectivity index (χ3v) is 4.35. The number of rotatable bonds is 3. The molecule has 0 amide bonds. The summed E-state index contributed by atoms with van der Waals surface area (Å²) < 4.78 is 0. The Morgan fingerprint density at radius 1 is 0.520 bits per heavy atom. The van der Waals surface area contributed by atoms with E-state index in [1.54, 1.807) is 0 Å². The minimum absolute atomic E-state index is 1.00. The van der Waals surface area contributed by atoms with Crippen molar-refractivity contribution in [2.24, 2.45) is 0 Å². The molecule has 0 spiro atoms. The predicted molar refractivity (Wildman–Crippen MR) is 105 cm³/mol. The minimum atomic E-state index is 1.00. The van der Waals surface area contributed by atoms with Crippen LogP contribution >= 0.6 is 0 Å². The molecule has 0 bridgehead atoms. The molecule has 0 fully saturated rings. The van der Waals surface area contributed by atoms with Gasteiger partial charge in [-0.15, -0.1) is 0 Å². The van der Waals surface area contributed by atoms with E-state index in [1.165, 1.54) is 27.8 Å². The first-order chi connectivity index (χ1) is 12.3. The van der Waals surface area contributed by atoms with E-state index in [9.17, 15) is 0 Å². The third kappa shape index (κ3) is 3.36. The van der Waals surface area contributed by atoms with Gasteiger partial charge in [-0.05, 0) is 59.0 Å². The number of hydrogen-bond acceptors (Lipinski definition) is 1. The molecule has 120 valence electrons. The van der Waals surface area contributed by atoms with Gasteiger partial charge in [0.2, 0.25) is 0 Å². The van der Waals surface area contributed by atoms with Crippen LogP contribution in [0.5, 0.6) is 0 Å². The van der Waals surface area contributed by atoms with Crippen LogP contribution < -0.4 is 0 Å². The number of pyridine rings is 1. The molecule has 0 aliphatic heterocycles. The Bertz CT molecular complexity index is 914. The van der Waals surface area contributed by atoms with Gasteiger partial charge in [0.25, 0.3) is 0 Å². The molecule has 0 unspecified atom stereocenters. The van der Waals surface area contributed by atoms with Crippen LogP contribution in [0.25, 0.3) is 33.5 Å². The van der Waals surface area contributed by atoms with Gasteiger partial charge in [0.1, 0.15) is 0 Å². The Balaban J connectivity index is 1.90. The summed E-state index contributed by atoms with van der Waals surface area (Å²) in [5, 5.41) is 0. The Morgan fingerprint density at radius 2 is 1.04 bits per heavy atom. The molecular weight excluding hydrogens is 302 g/mol. The third-order valence-electron chi connectivity index (χ3n) is 4.35. The number of nitrogens with zero attached hydrogens (tertiary/aromatic N) is 1. The maximum atomic E-state index is 4.62. The molecular formula is C24H19N. The molecule has 4 rings (SSSR count). The van der Waals surface area contributed by atoms with Crippen LogP contribution in [0.3, 0.4) is 0 Å². The second-order valence-corrected chi connectivity index (χ2v) is 6.25. The van der Waals surface area contributed by atoms with Gasteiger partial charge in [-0.3, -0.25) is 4.98 Å². The molecule has 1 nitrogen and oxygen atoms in total. The van der Waals surface area contributed by atoms with Gasteiger partial charge in [-0.1, -0.05) is 66.7 Å². The van der Waals surface area contributed by atoms with E-state index < -0.39 is 0 Å². The van der Waals surface area contributed by atoms with E-state index >= 15 is 0 Å². The van der Waals surface area contributed by atoms with Gasteiger partial charge in [0.05, 0.1) is 5.69 Å². The van der Waals surface area contributed by atoms with E-state index in [1.807, 2.05) is 18.3 Å². The maximum Gasteiger partial charge on any atom is 0.0702 e. The molecule has 0 atom stereocenters. The summed E-state index contributed by atoms with van der Waals surface area (Å²) in [6.45, 7) is 2.06. The van der Waals surface area contributed by atoms with Crippen LogP contribution in [-0.2, 0) is 0 Å². The van der Waals surface area contributed by atoms with Crippen molar-refractivity contribution in [3.05, 3.63) is 103 Å². The van der Waals surface area contributed by atoms with E-state index in [4.69, 9.17) is 0 Å². The van der Waals surface area contributed by atoms with Crippen molar-refractivity contribution in [3.63, 3.8) is 0 Å². The first-order valence-corrected chi connectivity index (χ1v) is 8.48. The highest BCUT2D eigenvalue weighted by molar-refractivity contribution is 5.80. The van der Waals surface area contributed by atoms with E-state index in [0.717, 1.165) is 11.3 Å². The second kappa shape index (κ2) is 6.74. The van der Waals surface area contributed by atoms with Gasteiger partial charge in [0.15, 0.2) is 0 Å². The molecule has 1 heteroatoms. The van der Waals surface area contributed by atoms with Crippen LogP contribution in [0, 0.1) is 6.92 Å². The summed E-state index contributed by atoms with van der Waals surface area (Å²) in [7, 11) is 0. The lowest BCUT2D eigenvalue weighted by Gasteiger charge is -2.11. The summed E-state index contributed by atoms with van der Waals surface area (Å²) in [4.78, 5) is 4.62. The maximum absolute atomic E-state index is 4.62. The van der Waals surface area contributed by atoms with E-state index in [2.05, 4.69) is 90.8 Å². The average Bonchev–Trinajstić information content (AvgIpc) is 2.69. The van der Waals surface area contributed by atoms with E-state index in [-0.39, 0.29) is 0 Å². The minimum Gasteiger partial charge on any atom is -0.256 e. The quantitative estimate of drug-likeness (QED) is 0.426. The Labute approximate surface area is 148 Å². The average molecular weight is 321 g/mol. The van der Waals surface area contributed by atoms with Crippen LogP contribution in [0.4, 0.5) is 0 Å². The van der Waals surface area contributed by atoms with Crippen molar-refractivity contribution in [3.8, 4) is 33.5 Å². The van der Waals surface area contributed by atoms with Crippen molar-refractivity contribution < 1.29 is 0 Å². The Morgan fingerprint density at radius 3 is 1.52 bits per heavy atom. The van der Waals surface area contributed by atoms with Crippen molar-refractivity contribution in [2.45, 2.75) is 6.92 Å². The fraction of sp³-hybridized carbons (Fsp3) is 0.0417. The predicted octanol–water partition coefficient (Wildman–Crippen LogP) is 6.39. The summed E-state index contributed by atoms with van der Waals surface area (Å²) in [6.07, 6.45) is 1.92. The molecule has 25 heavy (non-hydrogen) atoms. The zero-order valence-electron chi connectivity index (χ0n) is 14.2. The van der Waals surface area contributed by atoms with Gasteiger partial charge in [-0.25, -0.2) is 0 Å². The molecule has 4 aromatic rings. The molecule has 0 saturated carbocycles. The monoisotopic (exact) mass is 321 g/mol. The molecule has 1 aromatic heterocycles. The number of aromatic nitrogens is 1. The van der Waals surface area contributed by atoms with Gasteiger partial charge in [-0.2, -0.15) is 0 Å². The number of aryl methyl sites for hydroxylation is 1. The summed E-state index contributed by atoms with van der Waals surface area (Å²) >= 11 is 0. The first kappa shape index (κ1) is 15.3. The first-order valence-electron chi connectivity index (χ1n) is 8.48. The van der Waals surface area contributed by atoms with Crippen LogP contribution in [0.2, 0.25) is 0 Å². The molecule has 0 aliphatic carbocycles. The normalized spacial score (nSPS) is 10.6. The molecule has 0 radical (unpaired) electrons.